The number of aromatic nitrogens is 1. The normalized spacial score (nSPS) is 28.6. The number of amides is 1. The number of hydrogen-bond acceptors (Lipinski definition) is 5. The molecule has 0 bridgehead atoms. The lowest BCUT2D eigenvalue weighted by molar-refractivity contribution is -0.137. The number of likely N-dealkylation sites (tertiary alicyclic amines) is 1. The van der Waals surface area contributed by atoms with Gasteiger partial charge >= 0.3 is 6.18 Å². The fourth-order valence-electron chi connectivity index (χ4n) is 4.16. The van der Waals surface area contributed by atoms with E-state index in [0.717, 1.165) is 6.92 Å². The predicted octanol–water partition coefficient (Wildman–Crippen LogP) is 8.71. The van der Waals surface area contributed by atoms with Crippen molar-refractivity contribution in [2.45, 2.75) is 55.6 Å². The number of carbonyl (C=O) groups excluding carboxylic acids is 1. The number of nitrogens with zero attached hydrogens (tertiary/aromatic N) is 3. The van der Waals surface area contributed by atoms with E-state index in [4.69, 9.17) is 35.6 Å². The summed E-state index contributed by atoms with van der Waals surface area (Å²) in [5.74, 6) is -7.61. The highest BCUT2D eigenvalue weighted by Gasteiger charge is 2.31. The number of halogens is 5. The Balaban J connectivity index is 1.82. The molecular formula is C41H40F5N3O3S. The Morgan fingerprint density at radius 2 is 1.74 bits per heavy atom. The lowest BCUT2D eigenvalue weighted by atomic mass is 10.00. The Kier molecular flexibility index (Phi) is 4.59. The van der Waals surface area contributed by atoms with Crippen LogP contribution < -0.4 is 5.43 Å². The van der Waals surface area contributed by atoms with Crippen molar-refractivity contribution >= 4 is 28.6 Å². The van der Waals surface area contributed by atoms with Crippen LogP contribution >= 0.6 is 11.8 Å². The zero-order valence-corrected chi connectivity index (χ0v) is 27.1. The molecule has 0 aliphatic carbocycles. The van der Waals surface area contributed by atoms with Gasteiger partial charge in [-0.05, 0) is 66.6 Å². The largest absolute Gasteiger partial charge is 0.416 e. The molecule has 5 aromatic rings. The van der Waals surface area contributed by atoms with E-state index < -0.39 is 266 Å². The van der Waals surface area contributed by atoms with Gasteiger partial charge in [-0.2, -0.15) is 13.2 Å². The van der Waals surface area contributed by atoms with Gasteiger partial charge in [-0.15, -0.1) is 11.8 Å². The number of rotatable bonds is 12. The van der Waals surface area contributed by atoms with E-state index in [1.807, 2.05) is 0 Å². The molecule has 6 nitrogen and oxygen atoms in total. The van der Waals surface area contributed by atoms with E-state index in [0.29, 0.717) is 0 Å². The molecule has 1 aliphatic rings. The van der Waals surface area contributed by atoms with Crippen LogP contribution in [-0.2, 0) is 34.5 Å². The van der Waals surface area contributed by atoms with Crippen LogP contribution in [0, 0.1) is 18.6 Å². The standard InChI is InChI=1S/C41H40F5N3O3S/c1-27-6-15-36-34(22-27)37(50)23-39(53-26-31-4-3-5-35(42)40(31)43)49(36)25-38(51)48(33-16-18-47(19-17-33)20-21-52-2)24-28-7-9-29(10-8-28)30-11-13-32(14-12-30)41(44,45)46/h3-15,22-23,33H,16-21,24-26H2,1-2H3/i2D3,3D,4D,5D,6D,7D,8D,9D,10D,11D,12D,13D,14D,15D,16D2,17D2,18D2,19D2,21D2,22D,23D,25D2,26D2,33D. The van der Waals surface area contributed by atoms with Gasteiger partial charge in [0.25, 0.3) is 0 Å². The van der Waals surface area contributed by atoms with Crippen molar-refractivity contribution in [3.63, 3.8) is 0 Å². The molecule has 2 heterocycles. The number of hydrogen-bond donors (Lipinski definition) is 0. The Morgan fingerprint density at radius 1 is 1.04 bits per heavy atom. The molecule has 0 saturated carbocycles. The van der Waals surface area contributed by atoms with E-state index in [2.05, 4.69) is 4.74 Å². The molecule has 1 amide bonds. The van der Waals surface area contributed by atoms with Gasteiger partial charge in [0.15, 0.2) is 17.1 Å². The maximum absolute atomic E-state index is 16.0. The van der Waals surface area contributed by atoms with Crippen molar-refractivity contribution in [2.24, 2.45) is 0 Å². The Bertz CT molecular complexity index is 3670. The fraction of sp³-hybridized carbons (Fsp3) is 0.317. The molecule has 0 N–H and O–H groups in total. The summed E-state index contributed by atoms with van der Waals surface area (Å²) in [7, 11) is -3.77. The van der Waals surface area contributed by atoms with Crippen molar-refractivity contribution in [2.75, 3.05) is 33.1 Å². The molecular weight excluding hydrogens is 710 g/mol. The van der Waals surface area contributed by atoms with Crippen molar-refractivity contribution in [3.8, 4) is 11.1 Å². The average molecular weight is 783 g/mol. The highest BCUT2D eigenvalue weighted by molar-refractivity contribution is 7.98. The first-order valence-corrected chi connectivity index (χ1v) is 15.1. The molecule has 278 valence electrons. The van der Waals surface area contributed by atoms with Crippen LogP contribution in [0.5, 0.6) is 0 Å². The molecule has 1 saturated heterocycles. The van der Waals surface area contributed by atoms with Crippen LogP contribution in [0.1, 0.15) is 80.2 Å². The highest BCUT2D eigenvalue weighted by atomic mass is 32.2. The van der Waals surface area contributed by atoms with Gasteiger partial charge in [0, 0.05) is 75.5 Å². The monoisotopic (exact) mass is 782 g/mol. The topological polar surface area (TPSA) is 54.8 Å². The molecule has 1 fully saturated rings. The van der Waals surface area contributed by atoms with E-state index >= 15 is 13.6 Å². The van der Waals surface area contributed by atoms with Crippen molar-refractivity contribution < 1.29 is 76.7 Å². The number of fused-ring (bicyclic) bond motifs is 1. The molecule has 1 aliphatic heterocycles. The van der Waals surface area contributed by atoms with Gasteiger partial charge in [-0.3, -0.25) is 9.59 Å². The first kappa shape index (κ1) is 14.6. The second-order valence-corrected chi connectivity index (χ2v) is 11.0. The summed E-state index contributed by atoms with van der Waals surface area (Å²) in [5, 5.41) is -3.10. The zero-order chi connectivity index (χ0) is 66.7. The summed E-state index contributed by atoms with van der Waals surface area (Å²) in [6, 6.07) is -29.0. The maximum Gasteiger partial charge on any atom is 0.416 e. The maximum atomic E-state index is 16.0. The number of carbonyl (C=O) groups is 1. The molecule has 1 aromatic heterocycles. The van der Waals surface area contributed by atoms with Crippen LogP contribution in [0.15, 0.2) is 100 Å². The van der Waals surface area contributed by atoms with E-state index in [1.54, 1.807) is 0 Å². The Morgan fingerprint density at radius 3 is 2.42 bits per heavy atom. The molecule has 0 radical (unpaired) electrons. The van der Waals surface area contributed by atoms with Crippen LogP contribution in [-0.4, -0.2) is 59.4 Å². The number of pyridine rings is 1. The van der Waals surface area contributed by atoms with Gasteiger partial charge in [0.2, 0.25) is 5.91 Å². The third-order valence-corrected chi connectivity index (χ3v) is 7.39. The number of thioether (sulfide) groups is 1. The number of ether oxygens (including phenoxy) is 1. The van der Waals surface area contributed by atoms with Crippen LogP contribution in [0.4, 0.5) is 22.0 Å². The first-order valence-electron chi connectivity index (χ1n) is 30.8. The number of methoxy groups -OCH3 is 1. The molecule has 0 atom stereocenters. The van der Waals surface area contributed by atoms with E-state index in [1.165, 1.54) is 0 Å². The van der Waals surface area contributed by atoms with Gasteiger partial charge in [0.1, 0.15) is 6.50 Å². The van der Waals surface area contributed by atoms with Crippen molar-refractivity contribution in [1.29, 1.82) is 0 Å². The number of benzene rings is 4. The third-order valence-electron chi connectivity index (χ3n) is 6.60. The lowest BCUT2D eigenvalue weighted by Crippen LogP contribution is -2.48. The van der Waals surface area contributed by atoms with Crippen molar-refractivity contribution in [1.82, 2.24) is 14.4 Å². The minimum absolute atomic E-state index is 0.459. The summed E-state index contributed by atoms with van der Waals surface area (Å²) < 4.78 is 363. The summed E-state index contributed by atoms with van der Waals surface area (Å²) in [5.41, 5.74) is -16.3. The summed E-state index contributed by atoms with van der Waals surface area (Å²) in [6.07, 6.45) is -15.4. The van der Waals surface area contributed by atoms with Gasteiger partial charge in [0.05, 0.1) is 54.2 Å². The smallest absolute Gasteiger partial charge is 0.383 e. The molecule has 12 heteroatoms. The van der Waals surface area contributed by atoms with Gasteiger partial charge in [-0.25, -0.2) is 8.78 Å². The number of piperidine rings is 1. The highest BCUT2D eigenvalue weighted by Crippen LogP contribution is 2.32. The third kappa shape index (κ3) is 9.17. The Labute approximate surface area is 355 Å². The van der Waals surface area contributed by atoms with Crippen LogP contribution in [0.25, 0.3) is 22.0 Å². The van der Waals surface area contributed by atoms with Crippen LogP contribution in [0.3, 0.4) is 0 Å². The Hall–Kier alpha value is -4.52. The minimum Gasteiger partial charge on any atom is -0.383 e. The van der Waals surface area contributed by atoms with E-state index in [-0.39, 0.29) is 0 Å². The van der Waals surface area contributed by atoms with E-state index in [9.17, 15) is 27.6 Å². The second-order valence-electron chi connectivity index (χ2n) is 10.2. The second kappa shape index (κ2) is 16.7. The molecule has 53 heavy (non-hydrogen) atoms. The fourth-order valence-corrected chi connectivity index (χ4v) is 4.87. The average Bonchev–Trinajstić information content (AvgIpc) is 0.669. The molecule has 6 rings (SSSR count). The predicted molar refractivity (Wildman–Crippen MR) is 198 cm³/mol. The van der Waals surface area contributed by atoms with Crippen LogP contribution in [0.2, 0.25) is 0 Å². The summed E-state index contributed by atoms with van der Waals surface area (Å²) >= 11 is -0.842. The molecule has 4 aromatic carbocycles. The number of alkyl halides is 3. The first-order chi connectivity index (χ1) is 38.4. The summed E-state index contributed by atoms with van der Waals surface area (Å²) in [4.78, 5) is 28.7. The van der Waals surface area contributed by atoms with Gasteiger partial charge in [-0.1, -0.05) is 59.9 Å². The lowest BCUT2D eigenvalue weighted by Gasteiger charge is -2.39. The molecule has 0 unspecified atom stereocenters. The zero-order valence-electron chi connectivity index (χ0n) is 59.3. The minimum atomic E-state index is -5.59. The SMILES string of the molecule is [2H]c1c([2H])c(F)c(F)c(C([2H])([2H])Sc2c([2H])c(=O)c3c([2H])c(C)c([2H])c([2H])c3n2C([2H])([2H])C(=O)N(Cc2c([2H])c([2H])c(-c3c([2H])c([2H])c(C(F)(F)F)c([2H])c3[2H])c([2H])c2[2H])C2([2H])C([2H])([2H])C([2H])([2H])N(CC([2H])([2H])OC([2H])([2H])[2H])C([2H])([2H])C2([2H])[2H])c1[2H]. The van der Waals surface area contributed by atoms with Crippen molar-refractivity contribution in [3.05, 3.63) is 135 Å². The summed E-state index contributed by atoms with van der Waals surface area (Å²) in [6.45, 7) is -21.5. The quantitative estimate of drug-likeness (QED) is 0.0937. The van der Waals surface area contributed by atoms with Gasteiger partial charge < -0.3 is 19.1 Å². The molecule has 0 spiro atoms.